The minimum absolute atomic E-state index is 0.0198. The predicted molar refractivity (Wildman–Crippen MR) is 369 cm³/mol. The molecule has 8 heterocycles. The zero-order valence-corrected chi connectivity index (χ0v) is 50.9. The second kappa shape index (κ2) is 31.0. The van der Waals surface area contributed by atoms with Gasteiger partial charge in [-0.3, -0.25) is 47.6 Å². The summed E-state index contributed by atoms with van der Waals surface area (Å²) in [5.41, 5.74) is 11.2. The average Bonchev–Trinajstić information content (AvgIpc) is 1.53. The molecule has 9 aromatic rings. The van der Waals surface area contributed by atoms with Crippen LogP contribution in [0, 0.1) is 0 Å². The number of halogens is 3. The summed E-state index contributed by atoms with van der Waals surface area (Å²) in [7, 11) is 31.5. The van der Waals surface area contributed by atoms with Gasteiger partial charge in [0.05, 0.1) is 28.4 Å². The number of carbonyl (C=O) groups excluding carboxylic acids is 5. The van der Waals surface area contributed by atoms with Crippen LogP contribution in [0.2, 0.25) is 0 Å². The third-order valence-electron chi connectivity index (χ3n) is 15.7. The van der Waals surface area contributed by atoms with Crippen molar-refractivity contribution in [3.05, 3.63) is 180 Å². The number of carbonyl (C=O) groups is 5. The topological polar surface area (TPSA) is 154 Å². The Balaban J connectivity index is 0.000000157. The highest BCUT2D eigenvalue weighted by Gasteiger charge is 2.49. The summed E-state index contributed by atoms with van der Waals surface area (Å²) in [5.74, 6) is -1.28. The molecule has 4 aliphatic heterocycles. The van der Waals surface area contributed by atoms with Gasteiger partial charge < -0.3 is 33.2 Å². The van der Waals surface area contributed by atoms with Crippen molar-refractivity contribution >= 4 is 182 Å². The molecule has 5 amide bonds. The van der Waals surface area contributed by atoms with Gasteiger partial charge in [-0.25, -0.2) is 0 Å². The molecule has 437 valence electrons. The van der Waals surface area contributed by atoms with Crippen LogP contribution in [0.1, 0.15) is 69.0 Å². The number of imide groups is 2. The van der Waals surface area contributed by atoms with Crippen molar-refractivity contribution in [3.63, 3.8) is 0 Å². The van der Waals surface area contributed by atoms with E-state index in [9.17, 15) is 36.9 Å². The molecule has 13 radical (unpaired) electrons. The number of nitrogens with one attached hydrogen (secondary N) is 3. The highest BCUT2D eigenvalue weighted by molar-refractivity contribution is 8.02. The lowest BCUT2D eigenvalue weighted by Gasteiger charge is -2.33. The van der Waals surface area contributed by atoms with Crippen LogP contribution in [0.15, 0.2) is 158 Å². The molecule has 0 bridgehead atoms. The molecule has 0 spiro atoms. The molecule has 29 heteroatoms. The smallest absolute Gasteiger partial charge is 0.382 e. The number of hydrogen-bond acceptors (Lipinski definition) is 7. The Morgan fingerprint density at radius 3 is 1.76 bits per heavy atom. The molecule has 90 heavy (non-hydrogen) atoms. The molecular formula is C61H60B12F3N8O6. The summed E-state index contributed by atoms with van der Waals surface area (Å²) in [6.07, 6.45) is 6.45. The quantitative estimate of drug-likeness (QED) is 0.0811. The summed E-state index contributed by atoms with van der Waals surface area (Å²) in [4.78, 5) is 64.6. The first-order valence-electron chi connectivity index (χ1n) is 29.8. The van der Waals surface area contributed by atoms with Crippen molar-refractivity contribution in [3.8, 4) is 0 Å². The maximum Gasteiger partial charge on any atom is 0.762 e. The second-order valence-electron chi connectivity index (χ2n) is 21.4. The van der Waals surface area contributed by atoms with Crippen LogP contribution in [0.5, 0.6) is 0 Å². The largest absolute Gasteiger partial charge is 0.762 e. The molecule has 4 aliphatic rings. The van der Waals surface area contributed by atoms with Gasteiger partial charge in [0, 0.05) is 182 Å². The van der Waals surface area contributed by atoms with Crippen molar-refractivity contribution in [2.24, 2.45) is 0 Å². The molecule has 1 atom stereocenters. The minimum Gasteiger partial charge on any atom is -0.382 e. The summed E-state index contributed by atoms with van der Waals surface area (Å²) in [5, 5.41) is 11.9. The van der Waals surface area contributed by atoms with E-state index < -0.39 is 26.7 Å². The fourth-order valence-corrected chi connectivity index (χ4v) is 11.9. The lowest BCUT2D eigenvalue weighted by molar-refractivity contribution is -0.124. The number of para-hydroxylation sites is 5. The normalized spacial score (nSPS) is 14.0. The van der Waals surface area contributed by atoms with Gasteiger partial charge >= 0.3 is 7.54 Å². The van der Waals surface area contributed by atoms with Crippen molar-refractivity contribution < 1.29 is 41.7 Å². The van der Waals surface area contributed by atoms with Crippen LogP contribution < -0.4 is 20.9 Å². The number of aromatic nitrogens is 4. The lowest BCUT2D eigenvalue weighted by atomic mass is 8.56. The molecule has 4 aromatic heterocycles. The number of rotatable bonds is 14. The number of anilines is 1. The van der Waals surface area contributed by atoms with E-state index in [2.05, 4.69) is 68.1 Å². The maximum atomic E-state index is 12.9. The van der Waals surface area contributed by atoms with Crippen molar-refractivity contribution in [2.45, 2.75) is 72.6 Å². The van der Waals surface area contributed by atoms with Crippen LogP contribution in [0.3, 0.4) is 0 Å². The zero-order valence-electron chi connectivity index (χ0n) is 50.9. The molecule has 5 aromatic carbocycles. The fourth-order valence-electron chi connectivity index (χ4n) is 11.9. The van der Waals surface area contributed by atoms with Gasteiger partial charge in [0.15, 0.2) is 0 Å². The number of hydrogen-bond donors (Lipinski definition) is 3. The lowest BCUT2D eigenvalue weighted by Crippen LogP contribution is -2.63. The van der Waals surface area contributed by atoms with Crippen LogP contribution >= 0.6 is 0 Å². The van der Waals surface area contributed by atoms with Gasteiger partial charge in [0.1, 0.15) is 17.9 Å². The maximum absolute atomic E-state index is 12.9. The Morgan fingerprint density at radius 1 is 0.633 bits per heavy atom. The van der Waals surface area contributed by atoms with Crippen LogP contribution in [0.25, 0.3) is 60.5 Å². The Kier molecular flexibility index (Phi) is 23.4. The van der Waals surface area contributed by atoms with Crippen LogP contribution in [0.4, 0.5) is 18.6 Å². The number of benzene rings is 5. The van der Waals surface area contributed by atoms with E-state index in [0.717, 1.165) is 112 Å². The van der Waals surface area contributed by atoms with Crippen molar-refractivity contribution in [1.29, 1.82) is 0 Å². The van der Waals surface area contributed by atoms with Crippen LogP contribution in [-0.4, -0.2) is 155 Å². The van der Waals surface area contributed by atoms with Gasteiger partial charge in [-0.1, -0.05) is 105 Å². The third kappa shape index (κ3) is 14.5. The first-order chi connectivity index (χ1) is 43.3. The first-order valence-corrected chi connectivity index (χ1v) is 29.8. The number of likely N-dealkylation sites (N-methyl/N-ethyl adjacent to an activating group) is 1. The number of fused-ring (bicyclic) bond motifs is 12. The minimum atomic E-state index is -3.67. The molecular weight excluding hydrogens is 1130 g/mol. The molecule has 14 nitrogen and oxygen atoms in total. The Hall–Kier alpha value is -8.18. The number of amides is 5. The van der Waals surface area contributed by atoms with Gasteiger partial charge in [0.25, 0.3) is 23.6 Å². The number of aryl methyl sites for hydroxylation is 2. The zero-order chi connectivity index (χ0) is 64.9. The van der Waals surface area contributed by atoms with Gasteiger partial charge in [-0.2, -0.15) is 0 Å². The molecule has 3 N–H and O–H groups in total. The highest BCUT2D eigenvalue weighted by atomic mass is 19.4. The van der Waals surface area contributed by atoms with E-state index in [1.807, 2.05) is 151 Å². The van der Waals surface area contributed by atoms with E-state index in [4.69, 9.17) is 51.2 Å². The average molecular weight is 1190 g/mol. The Morgan fingerprint density at radius 2 is 1.17 bits per heavy atom. The van der Waals surface area contributed by atoms with Crippen LogP contribution in [-0.2, 0) is 54.8 Å². The number of ether oxygens (including phenoxy) is 1. The second-order valence-corrected chi connectivity index (χ2v) is 21.4. The van der Waals surface area contributed by atoms with E-state index in [0.29, 0.717) is 29.1 Å². The SMILES string of the molecule is CCCn1c2c(c3ccccc31)C1=C(C(=O)NC1=O)N1c3ccccc3CC21.CCCn1cc(C2=C(n3ccc4ccccc43)C(=O)NC2=O)c2ccccc21.CCOCC.CNC(=O)Cn1ccc2ccccc21.FB(F)F.[B][B]B([B])B(B([B])[B])B([B])[B]. The molecule has 13 rings (SSSR count). The monoisotopic (exact) mass is 1190 g/mol. The van der Waals surface area contributed by atoms with E-state index in [1.165, 1.54) is 12.6 Å². The highest BCUT2D eigenvalue weighted by Crippen LogP contribution is 2.53. The first kappa shape index (κ1) is 67.7. The van der Waals surface area contributed by atoms with Crippen molar-refractivity contribution in [1.82, 2.24) is 34.2 Å². The Labute approximate surface area is 533 Å². The summed E-state index contributed by atoms with van der Waals surface area (Å²) in [6, 6.07) is 44.3. The predicted octanol–water partition coefficient (Wildman–Crippen LogP) is 6.69. The molecule has 0 fully saturated rings. The molecule has 0 saturated heterocycles. The van der Waals surface area contributed by atoms with Gasteiger partial charge in [0.2, 0.25) is 5.91 Å². The van der Waals surface area contributed by atoms with E-state index in [-0.39, 0.29) is 42.0 Å². The fraction of sp³-hybridized carbons (Fsp3) is 0.230. The molecule has 1 unspecified atom stereocenters. The standard InChI is InChI=1S/2C23H19N3O2.C11H12N2O.C4H10O.B11.BF3/c1-2-11-25-16-10-6-4-8-14(16)18-19-21(23(28)24-22(19)27)26-15-9-5-3-7-13(15)12-17(26)20(18)25;1-2-12-25-14-17(16-8-4-6-10-19(16)25)20-21(23(28)24-22(20)27)26-13-11-15-7-3-5-9-18(15)26;1-12-11(14)8-13-7-6-9-4-2-3-5-10(9)13;1-3-5-4-2;1-7-10(6)11(8(2)3)9(4)5;2-1(3)4/h3-10,17H,2,11-12H2,1H3,(H,24,27,28);3-11,13-14H,2,12H2,1H3,(H,24,27,28);2-7H,8H2,1H3,(H,12,14);3-4H2,1-2H3;;. The van der Waals surface area contributed by atoms with E-state index >= 15 is 0 Å². The molecule has 0 saturated carbocycles. The third-order valence-corrected chi connectivity index (χ3v) is 15.7. The van der Waals surface area contributed by atoms with E-state index in [1.54, 1.807) is 7.05 Å². The molecule has 0 aliphatic carbocycles. The summed E-state index contributed by atoms with van der Waals surface area (Å²) in [6.45, 7) is 12.1. The van der Waals surface area contributed by atoms with Gasteiger partial charge in [-0.05, 0) is 85.5 Å². The summed E-state index contributed by atoms with van der Waals surface area (Å²) < 4.78 is 42.1. The van der Waals surface area contributed by atoms with Gasteiger partial charge in [-0.15, -0.1) is 0 Å². The number of nitrogens with zero attached hydrogens (tertiary/aromatic N) is 5. The summed E-state index contributed by atoms with van der Waals surface area (Å²) >= 11 is 0. The Bertz CT molecular complexity index is 4120. The van der Waals surface area contributed by atoms with Crippen molar-refractivity contribution in [2.75, 3.05) is 25.2 Å².